The van der Waals surface area contributed by atoms with E-state index in [0.29, 0.717) is 0 Å². The lowest BCUT2D eigenvalue weighted by atomic mass is 10.2. The van der Waals surface area contributed by atoms with Gasteiger partial charge in [-0.05, 0) is 19.1 Å². The molecule has 1 heterocycles. The number of carbonyl (C=O) groups excluding carboxylic acids is 1. The van der Waals surface area contributed by atoms with Crippen LogP contribution >= 0.6 is 0 Å². The summed E-state index contributed by atoms with van der Waals surface area (Å²) in [6.45, 7) is 1.23. The van der Waals surface area contributed by atoms with Crippen molar-refractivity contribution in [2.24, 2.45) is 0 Å². The first kappa shape index (κ1) is 13.3. The van der Waals surface area contributed by atoms with E-state index in [0.717, 1.165) is 0 Å². The van der Waals surface area contributed by atoms with Crippen molar-refractivity contribution in [3.8, 4) is 5.75 Å². The molecule has 0 aromatic carbocycles. The molecule has 1 rings (SSSR count). The predicted octanol–water partition coefficient (Wildman–Crippen LogP) is 1.86. The number of halogens is 3. The molecule has 0 aliphatic heterocycles. The van der Waals surface area contributed by atoms with Gasteiger partial charge in [0, 0.05) is 12.2 Å². The number of hydrogen-bond acceptors (Lipinski definition) is 3. The number of hydrogen-bond donors (Lipinski definition) is 2. The summed E-state index contributed by atoms with van der Waals surface area (Å²) < 4.78 is 36.1. The quantitative estimate of drug-likeness (QED) is 0.858. The highest BCUT2D eigenvalue weighted by Gasteiger charge is 2.31. The lowest BCUT2D eigenvalue weighted by molar-refractivity contribution is -0.138. The van der Waals surface area contributed by atoms with E-state index in [2.05, 4.69) is 10.3 Å². The summed E-state index contributed by atoms with van der Waals surface area (Å²) in [6, 6.07) is 1.56. The highest BCUT2D eigenvalue weighted by Crippen LogP contribution is 2.21. The molecule has 1 aromatic heterocycles. The van der Waals surface area contributed by atoms with Crippen molar-refractivity contribution in [2.75, 3.05) is 0 Å². The van der Waals surface area contributed by atoms with Crippen molar-refractivity contribution in [3.05, 3.63) is 24.0 Å². The molecule has 94 valence electrons. The van der Waals surface area contributed by atoms with E-state index in [1.54, 1.807) is 0 Å². The molecule has 4 nitrogen and oxygen atoms in total. The first-order valence-corrected chi connectivity index (χ1v) is 4.81. The maximum absolute atomic E-state index is 12.0. The standard InChI is InChI=1S/C10H11F3N2O2/c1-6(5-10(11,12)13)15-9(17)8-7(16)3-2-4-14-8/h2-4,6,16H,5H2,1H3,(H,15,17). The summed E-state index contributed by atoms with van der Waals surface area (Å²) in [5, 5.41) is 11.4. The van der Waals surface area contributed by atoms with Gasteiger partial charge in [0.05, 0.1) is 6.42 Å². The average molecular weight is 248 g/mol. The minimum atomic E-state index is -4.35. The fourth-order valence-electron chi connectivity index (χ4n) is 1.26. The number of aromatic nitrogens is 1. The Bertz CT molecular complexity index is 407. The lowest BCUT2D eigenvalue weighted by Gasteiger charge is -2.15. The normalized spacial score (nSPS) is 13.2. The van der Waals surface area contributed by atoms with E-state index in [1.165, 1.54) is 25.3 Å². The Morgan fingerprint density at radius 2 is 2.24 bits per heavy atom. The smallest absolute Gasteiger partial charge is 0.391 e. The van der Waals surface area contributed by atoms with Gasteiger partial charge in [-0.2, -0.15) is 13.2 Å². The van der Waals surface area contributed by atoms with E-state index in [9.17, 15) is 23.1 Å². The summed E-state index contributed by atoms with van der Waals surface area (Å²) >= 11 is 0. The van der Waals surface area contributed by atoms with Crippen LogP contribution in [0.3, 0.4) is 0 Å². The second kappa shape index (κ2) is 5.03. The number of amides is 1. The van der Waals surface area contributed by atoms with E-state index in [-0.39, 0.29) is 11.4 Å². The predicted molar refractivity (Wildman–Crippen MR) is 53.5 cm³/mol. The second-order valence-corrected chi connectivity index (χ2v) is 3.56. The second-order valence-electron chi connectivity index (χ2n) is 3.56. The molecule has 0 aliphatic rings. The highest BCUT2D eigenvalue weighted by atomic mass is 19.4. The van der Waals surface area contributed by atoms with E-state index < -0.39 is 24.5 Å². The topological polar surface area (TPSA) is 62.2 Å². The van der Waals surface area contributed by atoms with Crippen molar-refractivity contribution in [1.29, 1.82) is 0 Å². The first-order chi connectivity index (χ1) is 7.79. The highest BCUT2D eigenvalue weighted by molar-refractivity contribution is 5.94. The van der Waals surface area contributed by atoms with Crippen LogP contribution in [0.1, 0.15) is 23.8 Å². The van der Waals surface area contributed by atoms with Crippen LogP contribution in [0.4, 0.5) is 13.2 Å². The monoisotopic (exact) mass is 248 g/mol. The molecule has 7 heteroatoms. The van der Waals surface area contributed by atoms with Crippen LogP contribution in [0.25, 0.3) is 0 Å². The van der Waals surface area contributed by atoms with Crippen molar-refractivity contribution in [3.63, 3.8) is 0 Å². The lowest BCUT2D eigenvalue weighted by Crippen LogP contribution is -2.36. The number of pyridine rings is 1. The molecule has 0 saturated carbocycles. The summed E-state index contributed by atoms with van der Waals surface area (Å²) in [5.41, 5.74) is -0.290. The minimum Gasteiger partial charge on any atom is -0.505 e. The van der Waals surface area contributed by atoms with Gasteiger partial charge in [-0.3, -0.25) is 4.79 Å². The zero-order chi connectivity index (χ0) is 13.1. The molecule has 17 heavy (non-hydrogen) atoms. The molecule has 1 amide bonds. The first-order valence-electron chi connectivity index (χ1n) is 4.81. The molecule has 0 bridgehead atoms. The van der Waals surface area contributed by atoms with E-state index in [1.807, 2.05) is 0 Å². The van der Waals surface area contributed by atoms with Gasteiger partial charge in [0.1, 0.15) is 5.75 Å². The van der Waals surface area contributed by atoms with Gasteiger partial charge in [0.25, 0.3) is 5.91 Å². The van der Waals surface area contributed by atoms with Crippen molar-refractivity contribution < 1.29 is 23.1 Å². The van der Waals surface area contributed by atoms with Crippen LogP contribution in [0, 0.1) is 0 Å². The van der Waals surface area contributed by atoms with Crippen LogP contribution in [0.2, 0.25) is 0 Å². The number of alkyl halides is 3. The fraction of sp³-hybridized carbons (Fsp3) is 0.400. The third kappa shape index (κ3) is 4.29. The van der Waals surface area contributed by atoms with Gasteiger partial charge < -0.3 is 10.4 Å². The Morgan fingerprint density at radius 3 is 2.76 bits per heavy atom. The van der Waals surface area contributed by atoms with Crippen LogP contribution < -0.4 is 5.32 Å². The third-order valence-corrected chi connectivity index (χ3v) is 1.92. The molecular formula is C10H11F3N2O2. The van der Waals surface area contributed by atoms with Crippen molar-refractivity contribution in [1.82, 2.24) is 10.3 Å². The average Bonchev–Trinajstić information content (AvgIpc) is 2.14. The largest absolute Gasteiger partial charge is 0.505 e. The van der Waals surface area contributed by atoms with Gasteiger partial charge in [-0.25, -0.2) is 4.98 Å². The molecule has 1 unspecified atom stereocenters. The fourth-order valence-corrected chi connectivity index (χ4v) is 1.26. The molecule has 0 radical (unpaired) electrons. The molecule has 2 N–H and O–H groups in total. The number of nitrogens with zero attached hydrogens (tertiary/aromatic N) is 1. The number of aromatic hydroxyl groups is 1. The zero-order valence-electron chi connectivity index (χ0n) is 8.95. The van der Waals surface area contributed by atoms with Crippen LogP contribution in [-0.2, 0) is 0 Å². The van der Waals surface area contributed by atoms with E-state index in [4.69, 9.17) is 0 Å². The molecular weight excluding hydrogens is 237 g/mol. The van der Waals surface area contributed by atoms with Gasteiger partial charge in [-0.1, -0.05) is 0 Å². The van der Waals surface area contributed by atoms with Crippen LogP contribution in [0.5, 0.6) is 5.75 Å². The SMILES string of the molecule is CC(CC(F)(F)F)NC(=O)c1ncccc1O. The summed E-state index contributed by atoms with van der Waals surface area (Å²) in [5.74, 6) is -1.20. The van der Waals surface area contributed by atoms with Crippen LogP contribution in [-0.4, -0.2) is 28.2 Å². The maximum atomic E-state index is 12.0. The van der Waals surface area contributed by atoms with Gasteiger partial charge in [0.2, 0.25) is 0 Å². The molecule has 0 fully saturated rings. The third-order valence-electron chi connectivity index (χ3n) is 1.92. The molecule has 1 aromatic rings. The maximum Gasteiger partial charge on any atom is 0.391 e. The molecule has 0 aliphatic carbocycles. The Labute approximate surface area is 95.5 Å². The van der Waals surface area contributed by atoms with Crippen molar-refractivity contribution >= 4 is 5.91 Å². The zero-order valence-corrected chi connectivity index (χ0v) is 8.95. The number of carbonyl (C=O) groups is 1. The van der Waals surface area contributed by atoms with Gasteiger partial charge in [0.15, 0.2) is 5.69 Å². The number of rotatable bonds is 3. The summed E-state index contributed by atoms with van der Waals surface area (Å²) in [4.78, 5) is 15.0. The molecule has 1 atom stereocenters. The van der Waals surface area contributed by atoms with Crippen LogP contribution in [0.15, 0.2) is 18.3 Å². The summed E-state index contributed by atoms with van der Waals surface area (Å²) in [6.07, 6.45) is -4.21. The Hall–Kier alpha value is -1.79. The van der Waals surface area contributed by atoms with Gasteiger partial charge in [-0.15, -0.1) is 0 Å². The molecule has 0 saturated heterocycles. The summed E-state index contributed by atoms with van der Waals surface area (Å²) in [7, 11) is 0. The molecule has 0 spiro atoms. The van der Waals surface area contributed by atoms with E-state index >= 15 is 0 Å². The van der Waals surface area contributed by atoms with Crippen molar-refractivity contribution in [2.45, 2.75) is 25.6 Å². The minimum absolute atomic E-state index is 0.290. The number of nitrogens with one attached hydrogen (secondary N) is 1. The van der Waals surface area contributed by atoms with Gasteiger partial charge >= 0.3 is 6.18 Å². The Morgan fingerprint density at radius 1 is 1.59 bits per heavy atom. The Balaban J connectivity index is 2.64. The Kier molecular flexibility index (Phi) is 3.93.